The molecule has 1 spiro atoms. The van der Waals surface area contributed by atoms with Gasteiger partial charge in [0.25, 0.3) is 5.91 Å². The van der Waals surface area contributed by atoms with E-state index < -0.39 is 0 Å². The van der Waals surface area contributed by atoms with Crippen LogP contribution in [0.25, 0.3) is 0 Å². The van der Waals surface area contributed by atoms with Crippen molar-refractivity contribution in [2.75, 3.05) is 26.2 Å². The van der Waals surface area contributed by atoms with E-state index in [4.69, 9.17) is 0 Å². The van der Waals surface area contributed by atoms with Gasteiger partial charge in [0.05, 0.1) is 6.54 Å². The molecule has 2 saturated heterocycles. The Bertz CT molecular complexity index is 696. The number of carbonyl (C=O) groups is 3. The zero-order valence-corrected chi connectivity index (χ0v) is 14.9. The van der Waals surface area contributed by atoms with E-state index in [2.05, 4.69) is 10.6 Å². The van der Waals surface area contributed by atoms with E-state index in [0.717, 1.165) is 24.0 Å². The van der Waals surface area contributed by atoms with Crippen molar-refractivity contribution in [3.05, 3.63) is 34.9 Å². The molecule has 0 bridgehead atoms. The maximum Gasteiger partial charge on any atom is 0.251 e. The third-order valence-electron chi connectivity index (χ3n) is 5.09. The van der Waals surface area contributed by atoms with Crippen molar-refractivity contribution in [3.63, 3.8) is 0 Å². The maximum absolute atomic E-state index is 12.5. The molecule has 134 valence electrons. The first-order valence-corrected chi connectivity index (χ1v) is 8.78. The van der Waals surface area contributed by atoms with Gasteiger partial charge in [-0.05, 0) is 38.8 Å². The molecule has 0 saturated carbocycles. The normalized spacial score (nSPS) is 22.8. The maximum atomic E-state index is 12.5. The Hall–Kier alpha value is -2.37. The molecule has 2 N–H and O–H groups in total. The van der Waals surface area contributed by atoms with E-state index in [0.29, 0.717) is 31.6 Å². The van der Waals surface area contributed by atoms with Crippen LogP contribution in [0.15, 0.2) is 18.2 Å². The van der Waals surface area contributed by atoms with Crippen LogP contribution in [-0.2, 0) is 9.59 Å². The molecule has 0 radical (unpaired) electrons. The smallest absolute Gasteiger partial charge is 0.251 e. The van der Waals surface area contributed by atoms with Gasteiger partial charge in [0.1, 0.15) is 0 Å². The average Bonchev–Trinajstić information content (AvgIpc) is 2.91. The molecule has 2 aliphatic heterocycles. The molecule has 0 aromatic heterocycles. The minimum absolute atomic E-state index is 0.0106. The fraction of sp³-hybridized carbons (Fsp3) is 0.526. The van der Waals surface area contributed by atoms with Gasteiger partial charge in [0, 0.05) is 37.0 Å². The molecule has 0 unspecified atom stereocenters. The highest BCUT2D eigenvalue weighted by Gasteiger charge is 2.42. The van der Waals surface area contributed by atoms with Crippen LogP contribution in [-0.4, -0.2) is 48.8 Å². The average molecular weight is 343 g/mol. The summed E-state index contributed by atoms with van der Waals surface area (Å²) < 4.78 is 0. The largest absolute Gasteiger partial charge is 0.355 e. The minimum Gasteiger partial charge on any atom is -0.355 e. The van der Waals surface area contributed by atoms with Crippen LogP contribution in [0.3, 0.4) is 0 Å². The monoisotopic (exact) mass is 343 g/mol. The molecule has 2 fully saturated rings. The van der Waals surface area contributed by atoms with Crippen molar-refractivity contribution in [1.82, 2.24) is 15.5 Å². The summed E-state index contributed by atoms with van der Waals surface area (Å²) in [5, 5.41) is 5.60. The standard InChI is InChI=1S/C19H25N3O3/c1-13-6-14(2)8-15(7-13)18(25)20-10-17(24)22-5-3-4-19(12-22)9-16(23)21-11-19/h6-8H,3-5,9-12H2,1-2H3,(H,20,25)(H,21,23)/t19-/m0/s1. The Morgan fingerprint density at radius 3 is 2.60 bits per heavy atom. The lowest BCUT2D eigenvalue weighted by atomic mass is 9.79. The Labute approximate surface area is 148 Å². The number of likely N-dealkylation sites (tertiary alicyclic amines) is 1. The zero-order valence-electron chi connectivity index (χ0n) is 14.9. The van der Waals surface area contributed by atoms with Crippen molar-refractivity contribution in [2.24, 2.45) is 5.41 Å². The van der Waals surface area contributed by atoms with Crippen molar-refractivity contribution in [1.29, 1.82) is 0 Å². The summed E-state index contributed by atoms with van der Waals surface area (Å²) in [5.74, 6) is -0.252. The van der Waals surface area contributed by atoms with Crippen molar-refractivity contribution >= 4 is 17.7 Å². The minimum atomic E-state index is -0.232. The summed E-state index contributed by atoms with van der Waals surface area (Å²) in [5.41, 5.74) is 2.49. The third kappa shape index (κ3) is 4.00. The van der Waals surface area contributed by atoms with Gasteiger partial charge >= 0.3 is 0 Å². The SMILES string of the molecule is Cc1cc(C)cc(C(=O)NCC(=O)N2CCC[C@]3(CNC(=O)C3)C2)c1. The molecule has 0 aliphatic carbocycles. The third-order valence-corrected chi connectivity index (χ3v) is 5.09. The second-order valence-corrected chi connectivity index (χ2v) is 7.43. The first kappa shape index (κ1) is 17.5. The fourth-order valence-corrected chi connectivity index (χ4v) is 3.94. The van der Waals surface area contributed by atoms with E-state index in [-0.39, 0.29) is 29.7 Å². The van der Waals surface area contributed by atoms with Crippen LogP contribution in [0, 0.1) is 19.3 Å². The predicted molar refractivity (Wildman–Crippen MR) is 94.1 cm³/mol. The van der Waals surface area contributed by atoms with Crippen molar-refractivity contribution < 1.29 is 14.4 Å². The molecular formula is C19H25N3O3. The molecule has 25 heavy (non-hydrogen) atoms. The molecule has 3 rings (SSSR count). The van der Waals surface area contributed by atoms with E-state index >= 15 is 0 Å². The lowest BCUT2D eigenvalue weighted by Gasteiger charge is -2.39. The predicted octanol–water partition coefficient (Wildman–Crippen LogP) is 1.16. The molecule has 1 aromatic carbocycles. The molecule has 2 heterocycles. The first-order chi connectivity index (χ1) is 11.9. The summed E-state index contributed by atoms with van der Waals surface area (Å²) in [6.45, 7) is 5.80. The lowest BCUT2D eigenvalue weighted by molar-refractivity contribution is -0.134. The van der Waals surface area contributed by atoms with Crippen LogP contribution >= 0.6 is 0 Å². The zero-order chi connectivity index (χ0) is 18.0. The van der Waals surface area contributed by atoms with Crippen LogP contribution < -0.4 is 10.6 Å². The molecule has 1 atom stereocenters. The fourth-order valence-electron chi connectivity index (χ4n) is 3.94. The highest BCUT2D eigenvalue weighted by Crippen LogP contribution is 2.35. The first-order valence-electron chi connectivity index (χ1n) is 8.78. The molecule has 6 nitrogen and oxygen atoms in total. The van der Waals surface area contributed by atoms with Gasteiger partial charge in [-0.3, -0.25) is 14.4 Å². The molecule has 6 heteroatoms. The Morgan fingerprint density at radius 1 is 1.24 bits per heavy atom. The molecule has 3 amide bonds. The number of rotatable bonds is 3. The summed E-state index contributed by atoms with van der Waals surface area (Å²) in [7, 11) is 0. The van der Waals surface area contributed by atoms with E-state index in [1.54, 1.807) is 4.90 Å². The highest BCUT2D eigenvalue weighted by molar-refractivity contribution is 5.96. The van der Waals surface area contributed by atoms with Crippen LogP contribution in [0.2, 0.25) is 0 Å². The van der Waals surface area contributed by atoms with Crippen molar-refractivity contribution in [2.45, 2.75) is 33.1 Å². The van der Waals surface area contributed by atoms with Gasteiger partial charge in [0.2, 0.25) is 11.8 Å². The van der Waals surface area contributed by atoms with Gasteiger partial charge in [-0.2, -0.15) is 0 Å². The van der Waals surface area contributed by atoms with Crippen LogP contribution in [0.5, 0.6) is 0 Å². The Balaban J connectivity index is 1.57. The van der Waals surface area contributed by atoms with Gasteiger partial charge in [-0.25, -0.2) is 0 Å². The van der Waals surface area contributed by atoms with E-state index in [1.807, 2.05) is 32.0 Å². The number of piperidine rings is 1. The Kier molecular flexibility index (Phi) is 4.79. The van der Waals surface area contributed by atoms with E-state index in [1.165, 1.54) is 0 Å². The van der Waals surface area contributed by atoms with Crippen LogP contribution in [0.4, 0.5) is 0 Å². The number of amides is 3. The summed E-state index contributed by atoms with van der Waals surface area (Å²) in [6, 6.07) is 5.64. The number of nitrogens with one attached hydrogen (secondary N) is 2. The quantitative estimate of drug-likeness (QED) is 0.864. The van der Waals surface area contributed by atoms with Gasteiger partial charge in [0.15, 0.2) is 0 Å². The van der Waals surface area contributed by atoms with Gasteiger partial charge in [-0.1, -0.05) is 17.2 Å². The second-order valence-electron chi connectivity index (χ2n) is 7.43. The van der Waals surface area contributed by atoms with Crippen LogP contribution in [0.1, 0.15) is 40.7 Å². The lowest BCUT2D eigenvalue weighted by Crippen LogP contribution is -2.50. The Morgan fingerprint density at radius 2 is 1.96 bits per heavy atom. The number of nitrogens with zero attached hydrogens (tertiary/aromatic N) is 1. The summed E-state index contributed by atoms with van der Waals surface area (Å²) >= 11 is 0. The molecule has 1 aromatic rings. The highest BCUT2D eigenvalue weighted by atomic mass is 16.2. The van der Waals surface area contributed by atoms with Crippen molar-refractivity contribution in [3.8, 4) is 0 Å². The van der Waals surface area contributed by atoms with E-state index in [9.17, 15) is 14.4 Å². The summed E-state index contributed by atoms with van der Waals surface area (Å²) in [4.78, 5) is 38.1. The van der Waals surface area contributed by atoms with Gasteiger partial charge < -0.3 is 15.5 Å². The molecule has 2 aliphatic rings. The molecular weight excluding hydrogens is 318 g/mol. The number of hydrogen-bond acceptors (Lipinski definition) is 3. The second kappa shape index (κ2) is 6.86. The number of aryl methyl sites for hydroxylation is 2. The summed E-state index contributed by atoms with van der Waals surface area (Å²) in [6.07, 6.45) is 2.35. The van der Waals surface area contributed by atoms with Gasteiger partial charge in [-0.15, -0.1) is 0 Å². The number of carbonyl (C=O) groups excluding carboxylic acids is 3. The number of benzene rings is 1. The number of hydrogen-bond donors (Lipinski definition) is 2. The topological polar surface area (TPSA) is 78.5 Å².